The van der Waals surface area contributed by atoms with Crippen LogP contribution < -0.4 is 16.4 Å². The number of benzene rings is 1. The first-order valence-corrected chi connectivity index (χ1v) is 6.86. The third-order valence-corrected chi connectivity index (χ3v) is 3.92. The van der Waals surface area contributed by atoms with Gasteiger partial charge in [0.2, 0.25) is 5.91 Å². The molecular formula is C12H17N3OS. The Morgan fingerprint density at radius 1 is 1.29 bits per heavy atom. The molecule has 1 aromatic rings. The number of nitrogens with zero attached hydrogens (tertiary/aromatic N) is 1. The van der Waals surface area contributed by atoms with Gasteiger partial charge in [0.05, 0.1) is 11.4 Å². The maximum Gasteiger partial charge on any atom is 0.248 e. The van der Waals surface area contributed by atoms with E-state index in [1.807, 2.05) is 17.8 Å². The molecule has 0 unspecified atom stereocenters. The number of carbonyl (C=O) groups excluding carboxylic acids is 1. The molecule has 0 spiro atoms. The monoisotopic (exact) mass is 251 g/mol. The second kappa shape index (κ2) is 5.31. The van der Waals surface area contributed by atoms with Crippen molar-refractivity contribution in [2.45, 2.75) is 6.42 Å². The van der Waals surface area contributed by atoms with Gasteiger partial charge in [-0.2, -0.15) is 11.8 Å². The highest BCUT2D eigenvalue weighted by molar-refractivity contribution is 7.99. The van der Waals surface area contributed by atoms with Crippen LogP contribution in [0.3, 0.4) is 0 Å². The Bertz CT molecular complexity index is 414. The Morgan fingerprint density at radius 2 is 2.12 bits per heavy atom. The van der Waals surface area contributed by atoms with Crippen LogP contribution in [0.2, 0.25) is 0 Å². The fourth-order valence-corrected chi connectivity index (χ4v) is 2.87. The summed E-state index contributed by atoms with van der Waals surface area (Å²) in [6.45, 7) is 2.03. The van der Waals surface area contributed by atoms with E-state index in [9.17, 15) is 4.79 Å². The molecule has 1 saturated heterocycles. The van der Waals surface area contributed by atoms with Crippen molar-refractivity contribution in [1.29, 1.82) is 0 Å². The fraction of sp³-hybridized carbons (Fsp3) is 0.417. The number of thioether (sulfide) groups is 1. The lowest BCUT2D eigenvalue weighted by Gasteiger charge is -2.24. The second-order valence-corrected chi connectivity index (χ2v) is 5.32. The Labute approximate surface area is 105 Å². The van der Waals surface area contributed by atoms with Crippen LogP contribution in [0.25, 0.3) is 0 Å². The van der Waals surface area contributed by atoms with Crippen LogP contribution in [0.1, 0.15) is 16.8 Å². The lowest BCUT2D eigenvalue weighted by molar-refractivity contribution is 0.100. The summed E-state index contributed by atoms with van der Waals surface area (Å²) in [5.41, 5.74) is 13.3. The quantitative estimate of drug-likeness (QED) is 0.777. The van der Waals surface area contributed by atoms with Gasteiger partial charge < -0.3 is 16.4 Å². The predicted octanol–water partition coefficient (Wildman–Crippen LogP) is 1.31. The summed E-state index contributed by atoms with van der Waals surface area (Å²) in [5.74, 6) is 1.89. The van der Waals surface area contributed by atoms with E-state index < -0.39 is 5.91 Å². The van der Waals surface area contributed by atoms with Gasteiger partial charge in [0.1, 0.15) is 0 Å². The van der Waals surface area contributed by atoms with Crippen molar-refractivity contribution in [1.82, 2.24) is 0 Å². The predicted molar refractivity (Wildman–Crippen MR) is 73.5 cm³/mol. The highest BCUT2D eigenvalue weighted by atomic mass is 32.2. The number of hydrogen-bond donors (Lipinski definition) is 2. The van der Waals surface area contributed by atoms with Crippen LogP contribution in [0, 0.1) is 0 Å². The first-order chi connectivity index (χ1) is 8.18. The van der Waals surface area contributed by atoms with Crippen LogP contribution in [-0.4, -0.2) is 30.5 Å². The van der Waals surface area contributed by atoms with Crippen LogP contribution in [0.5, 0.6) is 0 Å². The molecule has 0 saturated carbocycles. The minimum absolute atomic E-state index is 0.435. The van der Waals surface area contributed by atoms with Crippen molar-refractivity contribution >= 4 is 29.0 Å². The molecule has 1 amide bonds. The molecule has 0 aliphatic carbocycles. The number of amides is 1. The topological polar surface area (TPSA) is 72.4 Å². The van der Waals surface area contributed by atoms with Gasteiger partial charge in [0.15, 0.2) is 0 Å². The van der Waals surface area contributed by atoms with E-state index in [4.69, 9.17) is 11.5 Å². The van der Waals surface area contributed by atoms with Gasteiger partial charge in [0, 0.05) is 24.4 Å². The smallest absolute Gasteiger partial charge is 0.248 e. The fourth-order valence-electron chi connectivity index (χ4n) is 1.98. The van der Waals surface area contributed by atoms with Crippen molar-refractivity contribution in [2.24, 2.45) is 5.73 Å². The van der Waals surface area contributed by atoms with Gasteiger partial charge in [-0.25, -0.2) is 0 Å². The average Bonchev–Trinajstić information content (AvgIpc) is 2.57. The molecule has 1 aromatic carbocycles. The Kier molecular flexibility index (Phi) is 3.78. The number of rotatable bonds is 2. The van der Waals surface area contributed by atoms with Crippen LogP contribution >= 0.6 is 11.8 Å². The molecule has 0 aromatic heterocycles. The molecule has 1 fully saturated rings. The zero-order valence-electron chi connectivity index (χ0n) is 9.69. The minimum Gasteiger partial charge on any atom is -0.397 e. The van der Waals surface area contributed by atoms with Crippen molar-refractivity contribution in [2.75, 3.05) is 35.2 Å². The summed E-state index contributed by atoms with van der Waals surface area (Å²) in [4.78, 5) is 13.3. The molecule has 4 N–H and O–H groups in total. The molecule has 1 heterocycles. The largest absolute Gasteiger partial charge is 0.397 e. The first-order valence-electron chi connectivity index (χ1n) is 5.70. The summed E-state index contributed by atoms with van der Waals surface area (Å²) >= 11 is 1.97. The van der Waals surface area contributed by atoms with Crippen molar-refractivity contribution in [3.05, 3.63) is 23.8 Å². The average molecular weight is 251 g/mol. The van der Waals surface area contributed by atoms with Gasteiger partial charge in [-0.15, -0.1) is 0 Å². The van der Waals surface area contributed by atoms with Gasteiger partial charge in [0.25, 0.3) is 0 Å². The normalized spacial score (nSPS) is 16.6. The molecule has 0 atom stereocenters. The maximum absolute atomic E-state index is 11.0. The third-order valence-electron chi connectivity index (χ3n) is 2.87. The van der Waals surface area contributed by atoms with E-state index in [0.29, 0.717) is 11.3 Å². The summed E-state index contributed by atoms with van der Waals surface area (Å²) in [5, 5.41) is 0. The second-order valence-electron chi connectivity index (χ2n) is 4.09. The van der Waals surface area contributed by atoms with Gasteiger partial charge in [-0.05, 0) is 30.4 Å². The van der Waals surface area contributed by atoms with Crippen LogP contribution in [0.15, 0.2) is 18.2 Å². The number of anilines is 2. The van der Waals surface area contributed by atoms with Crippen LogP contribution in [-0.2, 0) is 0 Å². The number of carbonyl (C=O) groups is 1. The number of nitrogens with two attached hydrogens (primary N) is 2. The minimum atomic E-state index is -0.435. The van der Waals surface area contributed by atoms with E-state index in [0.717, 1.165) is 24.5 Å². The van der Waals surface area contributed by atoms with E-state index in [1.165, 1.54) is 12.2 Å². The summed E-state index contributed by atoms with van der Waals surface area (Å²) in [6, 6.07) is 5.30. The molecule has 0 radical (unpaired) electrons. The molecule has 5 heteroatoms. The zero-order chi connectivity index (χ0) is 12.3. The Balaban J connectivity index is 2.22. The standard InChI is InChI=1S/C12H17N3OS/c13-10-8-9(12(14)16)2-3-11(10)15-4-1-6-17-7-5-15/h2-3,8H,1,4-7,13H2,(H2,14,16). The molecule has 4 nitrogen and oxygen atoms in total. The van der Waals surface area contributed by atoms with E-state index >= 15 is 0 Å². The Hall–Kier alpha value is -1.36. The SMILES string of the molecule is NC(=O)c1ccc(N2CCCSCC2)c(N)c1. The summed E-state index contributed by atoms with van der Waals surface area (Å²) in [7, 11) is 0. The molecule has 1 aliphatic heterocycles. The summed E-state index contributed by atoms with van der Waals surface area (Å²) < 4.78 is 0. The molecular weight excluding hydrogens is 234 g/mol. The lowest BCUT2D eigenvalue weighted by Crippen LogP contribution is -2.26. The maximum atomic E-state index is 11.0. The molecule has 17 heavy (non-hydrogen) atoms. The van der Waals surface area contributed by atoms with E-state index in [1.54, 1.807) is 12.1 Å². The van der Waals surface area contributed by atoms with Crippen molar-refractivity contribution in [3.8, 4) is 0 Å². The van der Waals surface area contributed by atoms with Gasteiger partial charge in [-0.1, -0.05) is 0 Å². The molecule has 2 rings (SSSR count). The number of nitrogen functional groups attached to an aromatic ring is 1. The molecule has 92 valence electrons. The first kappa shape index (κ1) is 12.1. The van der Waals surface area contributed by atoms with Gasteiger partial charge >= 0.3 is 0 Å². The lowest BCUT2D eigenvalue weighted by atomic mass is 10.1. The summed E-state index contributed by atoms with van der Waals surface area (Å²) in [6.07, 6.45) is 1.17. The third kappa shape index (κ3) is 2.85. The van der Waals surface area contributed by atoms with Crippen molar-refractivity contribution < 1.29 is 4.79 Å². The zero-order valence-corrected chi connectivity index (χ0v) is 10.5. The Morgan fingerprint density at radius 3 is 2.82 bits per heavy atom. The van der Waals surface area contributed by atoms with E-state index in [-0.39, 0.29) is 0 Å². The van der Waals surface area contributed by atoms with E-state index in [2.05, 4.69) is 4.90 Å². The number of hydrogen-bond acceptors (Lipinski definition) is 4. The molecule has 1 aliphatic rings. The number of primary amides is 1. The van der Waals surface area contributed by atoms with Crippen LogP contribution in [0.4, 0.5) is 11.4 Å². The van der Waals surface area contributed by atoms with Gasteiger partial charge in [-0.3, -0.25) is 4.79 Å². The molecule has 0 bridgehead atoms. The highest BCUT2D eigenvalue weighted by Crippen LogP contribution is 2.26. The highest BCUT2D eigenvalue weighted by Gasteiger charge is 2.13. The van der Waals surface area contributed by atoms with Crippen molar-refractivity contribution in [3.63, 3.8) is 0 Å².